The molecular weight excluding hydrogens is 116 g/mol. The van der Waals surface area contributed by atoms with Gasteiger partial charge in [0, 0.05) is 0 Å². The standard InChI is InChI=1S/C5H14N4/c6-3-1-5(2-4-7)8-9-5/h8-9H,1-4,6-7H2. The van der Waals surface area contributed by atoms with Gasteiger partial charge in [0.25, 0.3) is 0 Å². The lowest BCUT2D eigenvalue weighted by molar-refractivity contribution is 0.524. The second kappa shape index (κ2) is 2.62. The van der Waals surface area contributed by atoms with Crippen LogP contribution in [0.1, 0.15) is 12.8 Å². The predicted molar refractivity (Wildman–Crippen MR) is 36.3 cm³/mol. The Morgan fingerprint density at radius 1 is 1.00 bits per heavy atom. The summed E-state index contributed by atoms with van der Waals surface area (Å²) in [6, 6.07) is 0. The van der Waals surface area contributed by atoms with Gasteiger partial charge in [-0.2, -0.15) is 0 Å². The molecule has 1 heterocycles. The minimum Gasteiger partial charge on any atom is -0.330 e. The van der Waals surface area contributed by atoms with Crippen LogP contribution in [-0.2, 0) is 0 Å². The van der Waals surface area contributed by atoms with Gasteiger partial charge in [0.05, 0.1) is 5.66 Å². The highest BCUT2D eigenvalue weighted by atomic mass is 15.7. The molecule has 0 atom stereocenters. The summed E-state index contributed by atoms with van der Waals surface area (Å²) in [5.41, 5.74) is 16.9. The van der Waals surface area contributed by atoms with Crippen molar-refractivity contribution in [3.05, 3.63) is 0 Å². The molecule has 4 heteroatoms. The Labute approximate surface area is 54.9 Å². The Balaban J connectivity index is 2.17. The first-order valence-electron chi connectivity index (χ1n) is 3.27. The van der Waals surface area contributed by atoms with Crippen LogP contribution in [0.15, 0.2) is 0 Å². The zero-order chi connectivity index (χ0) is 6.74. The lowest BCUT2D eigenvalue weighted by Crippen LogP contribution is -2.25. The first-order chi connectivity index (χ1) is 4.33. The normalized spacial score (nSPS) is 22.0. The van der Waals surface area contributed by atoms with Crippen LogP contribution in [0.5, 0.6) is 0 Å². The molecule has 1 aliphatic heterocycles. The lowest BCUT2D eigenvalue weighted by Gasteiger charge is -2.06. The van der Waals surface area contributed by atoms with Crippen molar-refractivity contribution in [2.24, 2.45) is 11.5 Å². The third-order valence-electron chi connectivity index (χ3n) is 1.62. The molecule has 0 aromatic rings. The van der Waals surface area contributed by atoms with Crippen molar-refractivity contribution in [3.8, 4) is 0 Å². The maximum absolute atomic E-state index is 5.36. The van der Waals surface area contributed by atoms with Gasteiger partial charge in [-0.05, 0) is 25.9 Å². The third kappa shape index (κ3) is 1.62. The topological polar surface area (TPSA) is 95.9 Å². The number of hydrogen-bond donors (Lipinski definition) is 4. The molecule has 0 aliphatic carbocycles. The van der Waals surface area contributed by atoms with E-state index in [9.17, 15) is 0 Å². The lowest BCUT2D eigenvalue weighted by atomic mass is 10.1. The maximum Gasteiger partial charge on any atom is 0.0967 e. The Bertz CT molecular complexity index is 81.0. The van der Waals surface area contributed by atoms with E-state index in [1.165, 1.54) is 0 Å². The van der Waals surface area contributed by atoms with E-state index in [1.807, 2.05) is 0 Å². The van der Waals surface area contributed by atoms with E-state index in [0.29, 0.717) is 13.1 Å². The van der Waals surface area contributed by atoms with Crippen molar-refractivity contribution in [3.63, 3.8) is 0 Å². The zero-order valence-corrected chi connectivity index (χ0v) is 5.48. The van der Waals surface area contributed by atoms with Crippen molar-refractivity contribution in [1.29, 1.82) is 0 Å². The van der Waals surface area contributed by atoms with Gasteiger partial charge >= 0.3 is 0 Å². The third-order valence-corrected chi connectivity index (χ3v) is 1.62. The molecule has 0 saturated carbocycles. The van der Waals surface area contributed by atoms with E-state index < -0.39 is 0 Å². The smallest absolute Gasteiger partial charge is 0.0967 e. The fourth-order valence-electron chi connectivity index (χ4n) is 0.956. The molecular formula is C5H14N4. The number of hydrazine groups is 1. The molecule has 0 bridgehead atoms. The summed E-state index contributed by atoms with van der Waals surface area (Å²) >= 11 is 0. The highest BCUT2D eigenvalue weighted by Crippen LogP contribution is 2.17. The molecule has 54 valence electrons. The van der Waals surface area contributed by atoms with Gasteiger partial charge in [-0.15, -0.1) is 0 Å². The van der Waals surface area contributed by atoms with E-state index in [-0.39, 0.29) is 5.66 Å². The van der Waals surface area contributed by atoms with Gasteiger partial charge in [0.2, 0.25) is 0 Å². The number of rotatable bonds is 4. The number of nitrogens with one attached hydrogen (secondary N) is 2. The van der Waals surface area contributed by atoms with Gasteiger partial charge in [-0.1, -0.05) is 0 Å². The van der Waals surface area contributed by atoms with Crippen LogP contribution in [0.4, 0.5) is 0 Å². The SMILES string of the molecule is NCCC1(CCN)NN1. The highest BCUT2D eigenvalue weighted by Gasteiger charge is 2.39. The van der Waals surface area contributed by atoms with Gasteiger partial charge in [-0.3, -0.25) is 0 Å². The number of nitrogens with two attached hydrogens (primary N) is 2. The van der Waals surface area contributed by atoms with Crippen LogP contribution in [0.2, 0.25) is 0 Å². The largest absolute Gasteiger partial charge is 0.330 e. The van der Waals surface area contributed by atoms with Crippen molar-refractivity contribution >= 4 is 0 Å². The molecule has 0 unspecified atom stereocenters. The van der Waals surface area contributed by atoms with Crippen molar-refractivity contribution in [1.82, 2.24) is 10.9 Å². The average Bonchev–Trinajstić information content (AvgIpc) is 2.51. The van der Waals surface area contributed by atoms with Gasteiger partial charge in [0.1, 0.15) is 0 Å². The fourth-order valence-corrected chi connectivity index (χ4v) is 0.956. The van der Waals surface area contributed by atoms with Gasteiger partial charge in [0.15, 0.2) is 0 Å². The molecule has 1 fully saturated rings. The van der Waals surface area contributed by atoms with E-state index in [2.05, 4.69) is 10.9 Å². The second-order valence-electron chi connectivity index (χ2n) is 2.41. The van der Waals surface area contributed by atoms with Crippen molar-refractivity contribution in [2.75, 3.05) is 13.1 Å². The fraction of sp³-hybridized carbons (Fsp3) is 1.00. The Morgan fingerprint density at radius 2 is 1.44 bits per heavy atom. The van der Waals surface area contributed by atoms with E-state index in [4.69, 9.17) is 11.5 Å². The minimum atomic E-state index is 0.101. The molecule has 0 aromatic carbocycles. The van der Waals surface area contributed by atoms with E-state index in [1.54, 1.807) is 0 Å². The first kappa shape index (κ1) is 6.95. The summed E-state index contributed by atoms with van der Waals surface area (Å²) in [5.74, 6) is 0. The van der Waals surface area contributed by atoms with Crippen LogP contribution >= 0.6 is 0 Å². The Kier molecular flexibility index (Phi) is 2.02. The summed E-state index contributed by atoms with van der Waals surface area (Å²) in [6.45, 7) is 1.42. The molecule has 0 spiro atoms. The second-order valence-corrected chi connectivity index (χ2v) is 2.41. The molecule has 1 aliphatic rings. The molecule has 9 heavy (non-hydrogen) atoms. The molecule has 1 rings (SSSR count). The summed E-state index contributed by atoms with van der Waals surface area (Å²) in [4.78, 5) is 0. The van der Waals surface area contributed by atoms with E-state index >= 15 is 0 Å². The Hall–Kier alpha value is -0.160. The van der Waals surface area contributed by atoms with Crippen LogP contribution in [0.3, 0.4) is 0 Å². The molecule has 1 saturated heterocycles. The molecule has 0 amide bonds. The highest BCUT2D eigenvalue weighted by molar-refractivity contribution is 4.94. The van der Waals surface area contributed by atoms with Crippen LogP contribution in [0, 0.1) is 0 Å². The molecule has 0 radical (unpaired) electrons. The van der Waals surface area contributed by atoms with Crippen molar-refractivity contribution in [2.45, 2.75) is 18.5 Å². The van der Waals surface area contributed by atoms with Crippen LogP contribution in [-0.4, -0.2) is 18.8 Å². The quantitative estimate of drug-likeness (QED) is 0.348. The van der Waals surface area contributed by atoms with Crippen LogP contribution in [0.25, 0.3) is 0 Å². The first-order valence-corrected chi connectivity index (χ1v) is 3.27. The summed E-state index contributed by atoms with van der Waals surface area (Å²) in [5, 5.41) is 0. The summed E-state index contributed by atoms with van der Waals surface area (Å²) in [7, 11) is 0. The van der Waals surface area contributed by atoms with E-state index in [0.717, 1.165) is 12.8 Å². The zero-order valence-electron chi connectivity index (χ0n) is 5.48. The summed E-state index contributed by atoms with van der Waals surface area (Å²) in [6.07, 6.45) is 1.92. The molecule has 0 aromatic heterocycles. The Morgan fingerprint density at radius 3 is 1.67 bits per heavy atom. The van der Waals surface area contributed by atoms with Crippen LogP contribution < -0.4 is 22.3 Å². The number of hydrogen-bond acceptors (Lipinski definition) is 4. The van der Waals surface area contributed by atoms with Gasteiger partial charge in [-0.25, -0.2) is 10.9 Å². The van der Waals surface area contributed by atoms with Crippen molar-refractivity contribution < 1.29 is 0 Å². The predicted octanol–water partition coefficient (Wildman–Crippen LogP) is -1.51. The van der Waals surface area contributed by atoms with Gasteiger partial charge < -0.3 is 11.5 Å². The summed E-state index contributed by atoms with van der Waals surface area (Å²) < 4.78 is 0. The molecule has 4 nitrogen and oxygen atoms in total. The minimum absolute atomic E-state index is 0.101. The maximum atomic E-state index is 5.36. The molecule has 6 N–H and O–H groups in total. The monoisotopic (exact) mass is 130 g/mol. The average molecular weight is 130 g/mol.